The van der Waals surface area contributed by atoms with Crippen LogP contribution in [0, 0.1) is 5.41 Å². The fraction of sp³-hybridized carbons (Fsp3) is 0.609. The van der Waals surface area contributed by atoms with Gasteiger partial charge in [0.2, 0.25) is 0 Å². The van der Waals surface area contributed by atoms with Crippen molar-refractivity contribution in [2.45, 2.75) is 63.6 Å². The summed E-state index contributed by atoms with van der Waals surface area (Å²) in [6, 6.07) is 1.40. The first-order valence-electron chi connectivity index (χ1n) is 11.4. The first kappa shape index (κ1) is 25.6. The van der Waals surface area contributed by atoms with Gasteiger partial charge in [-0.05, 0) is 47.2 Å². The minimum atomic E-state index is -0.944. The van der Waals surface area contributed by atoms with Crippen molar-refractivity contribution >= 4 is 62.1 Å². The van der Waals surface area contributed by atoms with Crippen molar-refractivity contribution in [2.75, 3.05) is 30.3 Å². The van der Waals surface area contributed by atoms with E-state index in [1.54, 1.807) is 16.3 Å². The Morgan fingerprint density at radius 2 is 2.06 bits per heavy atom. The van der Waals surface area contributed by atoms with E-state index >= 15 is 0 Å². The van der Waals surface area contributed by atoms with E-state index in [-0.39, 0.29) is 35.8 Å². The summed E-state index contributed by atoms with van der Waals surface area (Å²) < 4.78 is 2.51. The summed E-state index contributed by atoms with van der Waals surface area (Å²) >= 11 is 11.9. The molecule has 1 aromatic carbocycles. The summed E-state index contributed by atoms with van der Waals surface area (Å²) in [6.07, 6.45) is 0.337. The Kier molecular flexibility index (Phi) is 7.17. The van der Waals surface area contributed by atoms with Crippen LogP contribution in [-0.4, -0.2) is 68.3 Å². The maximum absolute atomic E-state index is 13.5. The molecule has 2 unspecified atom stereocenters. The van der Waals surface area contributed by atoms with E-state index < -0.39 is 6.09 Å². The predicted octanol–water partition coefficient (Wildman–Crippen LogP) is 4.83. The Morgan fingerprint density at radius 3 is 2.68 bits per heavy atom. The topological polar surface area (TPSA) is 98.9 Å². The molecular formula is C23H30BrClN4O4S. The molecule has 2 aliphatic rings. The van der Waals surface area contributed by atoms with Gasteiger partial charge in [-0.1, -0.05) is 32.4 Å². The molecule has 4 rings (SSSR count). The van der Waals surface area contributed by atoms with Crippen molar-refractivity contribution in [3.63, 3.8) is 0 Å². The summed E-state index contributed by atoms with van der Waals surface area (Å²) in [5.74, 6) is 1.24. The van der Waals surface area contributed by atoms with Crippen LogP contribution in [0.2, 0.25) is 5.02 Å². The van der Waals surface area contributed by atoms with E-state index in [1.165, 1.54) is 4.90 Å². The first-order chi connectivity index (χ1) is 16.0. The number of benzene rings is 1. The summed E-state index contributed by atoms with van der Waals surface area (Å²) in [5.41, 5.74) is 0.190. The van der Waals surface area contributed by atoms with Crippen LogP contribution in [-0.2, 0) is 0 Å². The fourth-order valence-corrected chi connectivity index (χ4v) is 7.21. The highest BCUT2D eigenvalue weighted by Gasteiger charge is 2.42. The second kappa shape index (κ2) is 9.52. The van der Waals surface area contributed by atoms with Crippen LogP contribution in [0.1, 0.15) is 46.6 Å². The number of aromatic nitrogens is 2. The molecule has 3 atom stereocenters. The Morgan fingerprint density at radius 1 is 1.35 bits per heavy atom. The molecule has 2 N–H and O–H groups in total. The van der Waals surface area contributed by atoms with E-state index in [4.69, 9.17) is 11.6 Å². The van der Waals surface area contributed by atoms with Crippen LogP contribution >= 0.6 is 39.3 Å². The number of carbonyl (C=O) groups is 1. The summed E-state index contributed by atoms with van der Waals surface area (Å²) in [4.78, 5) is 34.4. The van der Waals surface area contributed by atoms with Gasteiger partial charge in [0.1, 0.15) is 5.82 Å². The number of aliphatic hydroxyl groups excluding tert-OH is 1. The zero-order chi connectivity index (χ0) is 24.9. The molecule has 0 spiro atoms. The Balaban J connectivity index is 1.97. The number of anilines is 1. The molecule has 0 bridgehead atoms. The van der Waals surface area contributed by atoms with E-state index in [2.05, 4.69) is 46.6 Å². The highest BCUT2D eigenvalue weighted by Crippen LogP contribution is 2.47. The molecule has 11 heteroatoms. The Bertz CT molecular complexity index is 1180. The number of hydrogen-bond acceptors (Lipinski definition) is 6. The van der Waals surface area contributed by atoms with Gasteiger partial charge >= 0.3 is 11.8 Å². The number of rotatable bonds is 4. The number of halogens is 2. The molecule has 1 saturated heterocycles. The second-order valence-corrected chi connectivity index (χ2v) is 12.4. The third-order valence-electron chi connectivity index (χ3n) is 6.72. The van der Waals surface area contributed by atoms with Crippen LogP contribution in [0.25, 0.3) is 10.9 Å². The summed E-state index contributed by atoms with van der Waals surface area (Å²) in [7, 11) is 0. The van der Waals surface area contributed by atoms with Crippen molar-refractivity contribution in [3.8, 4) is 0 Å². The van der Waals surface area contributed by atoms with E-state index in [0.717, 1.165) is 20.3 Å². The van der Waals surface area contributed by atoms with Crippen molar-refractivity contribution in [1.82, 2.24) is 14.5 Å². The molecule has 8 nitrogen and oxygen atoms in total. The zero-order valence-corrected chi connectivity index (χ0v) is 22.9. The number of carboxylic acid groups (broad SMARTS) is 1. The van der Waals surface area contributed by atoms with Gasteiger partial charge in [0.25, 0.3) is 0 Å². The van der Waals surface area contributed by atoms with Crippen LogP contribution in [0.15, 0.2) is 20.2 Å². The fourth-order valence-electron chi connectivity index (χ4n) is 5.05. The third-order valence-corrected chi connectivity index (χ3v) is 9.57. The standard InChI is InChI=1S/C23H30BrClN4O4S/c1-12-9-27(22(32)33)10-16(23(2,3)4)28(12)20-14-8-15(25)17(24)19-18(14)29(21(31)26-20)13(11-34-19)6-5-7-30/h8,12-13,16,30H,5-7,9-11H2,1-4H3,(H,32,33)/t12?,13-,16?/m1/s1. The van der Waals surface area contributed by atoms with Crippen LogP contribution in [0.5, 0.6) is 0 Å². The monoisotopic (exact) mass is 572 g/mol. The van der Waals surface area contributed by atoms with Gasteiger partial charge in [-0.15, -0.1) is 11.8 Å². The molecule has 1 fully saturated rings. The predicted molar refractivity (Wildman–Crippen MR) is 140 cm³/mol. The highest BCUT2D eigenvalue weighted by molar-refractivity contribution is 9.10. The summed E-state index contributed by atoms with van der Waals surface area (Å²) in [6.45, 7) is 8.90. The average Bonchev–Trinajstić information content (AvgIpc) is 2.76. The molecule has 1 amide bonds. The lowest BCUT2D eigenvalue weighted by molar-refractivity contribution is 0.107. The second-order valence-electron chi connectivity index (χ2n) is 10.1. The molecule has 186 valence electrons. The lowest BCUT2D eigenvalue weighted by Gasteiger charge is -2.50. The molecule has 0 saturated carbocycles. The Hall–Kier alpha value is -1.49. The number of hydrogen-bond donors (Lipinski definition) is 2. The van der Waals surface area contributed by atoms with Gasteiger partial charge in [0.15, 0.2) is 0 Å². The van der Waals surface area contributed by atoms with Crippen LogP contribution < -0.4 is 10.6 Å². The van der Waals surface area contributed by atoms with Gasteiger partial charge < -0.3 is 20.0 Å². The molecule has 2 aliphatic heterocycles. The van der Waals surface area contributed by atoms with Crippen molar-refractivity contribution < 1.29 is 15.0 Å². The van der Waals surface area contributed by atoms with Crippen LogP contribution in [0.4, 0.5) is 10.6 Å². The first-order valence-corrected chi connectivity index (χ1v) is 13.6. The van der Waals surface area contributed by atoms with Crippen molar-refractivity contribution in [3.05, 3.63) is 26.0 Å². The average molecular weight is 574 g/mol. The van der Waals surface area contributed by atoms with Crippen LogP contribution in [0.3, 0.4) is 0 Å². The van der Waals surface area contributed by atoms with Gasteiger partial charge in [-0.2, -0.15) is 4.98 Å². The third kappa shape index (κ3) is 4.42. The van der Waals surface area contributed by atoms with Crippen molar-refractivity contribution in [2.24, 2.45) is 5.41 Å². The minimum Gasteiger partial charge on any atom is -0.465 e. The molecule has 3 heterocycles. The number of piperazine rings is 1. The lowest BCUT2D eigenvalue weighted by Crippen LogP contribution is -2.63. The number of nitrogens with zero attached hydrogens (tertiary/aromatic N) is 4. The smallest absolute Gasteiger partial charge is 0.407 e. The largest absolute Gasteiger partial charge is 0.465 e. The minimum absolute atomic E-state index is 0.0698. The quantitative estimate of drug-likeness (QED) is 0.540. The molecule has 0 aliphatic carbocycles. The maximum atomic E-state index is 13.5. The van der Waals surface area contributed by atoms with Crippen molar-refractivity contribution in [1.29, 1.82) is 0 Å². The molecule has 2 aromatic rings. The zero-order valence-electron chi connectivity index (χ0n) is 19.7. The number of amides is 1. The number of aliphatic hydroxyl groups is 1. The highest BCUT2D eigenvalue weighted by atomic mass is 79.9. The molecular weight excluding hydrogens is 544 g/mol. The Labute approximate surface area is 216 Å². The van der Waals surface area contributed by atoms with Gasteiger partial charge in [0, 0.05) is 47.8 Å². The number of thioether (sulfide) groups is 1. The molecule has 34 heavy (non-hydrogen) atoms. The van der Waals surface area contributed by atoms with Gasteiger partial charge in [-0.25, -0.2) is 9.59 Å². The maximum Gasteiger partial charge on any atom is 0.407 e. The van der Waals surface area contributed by atoms with Gasteiger partial charge in [-0.3, -0.25) is 4.57 Å². The molecule has 0 radical (unpaired) electrons. The molecule has 1 aromatic heterocycles. The lowest BCUT2D eigenvalue weighted by atomic mass is 9.83. The van der Waals surface area contributed by atoms with E-state index in [9.17, 15) is 19.8 Å². The SMILES string of the molecule is CC1CN(C(=O)O)CC(C(C)(C)C)N1c1nc(=O)n2c3c(c(Br)c(Cl)cc13)SC[C@H]2CCCO. The normalized spacial score (nSPS) is 23.0. The van der Waals surface area contributed by atoms with E-state index in [0.29, 0.717) is 42.5 Å². The van der Waals surface area contributed by atoms with Gasteiger partial charge in [0.05, 0.1) is 21.1 Å². The summed E-state index contributed by atoms with van der Waals surface area (Å²) in [5, 5.41) is 20.4. The van der Waals surface area contributed by atoms with E-state index in [1.807, 2.05) is 13.0 Å².